The molecular weight excluding hydrogens is 531 g/mol. The van der Waals surface area contributed by atoms with E-state index < -0.39 is 6.10 Å². The van der Waals surface area contributed by atoms with Gasteiger partial charge in [-0.15, -0.1) is 0 Å². The van der Waals surface area contributed by atoms with Gasteiger partial charge < -0.3 is 19.6 Å². The van der Waals surface area contributed by atoms with Gasteiger partial charge in [-0.2, -0.15) is 5.10 Å². The lowest BCUT2D eigenvalue weighted by Gasteiger charge is -2.33. The SMILES string of the molecule is Cc1cc(-c2nn(CC(O)CN3CCC(Oc4ccc(Cl)c(Cl)c4)CC3)c3c2CN(C)CC3)ccc1Cl. The molecule has 198 valence electrons. The number of ether oxygens (including phenoxy) is 1. The zero-order chi connectivity index (χ0) is 26.1. The van der Waals surface area contributed by atoms with Gasteiger partial charge in [0.2, 0.25) is 0 Å². The molecule has 1 atom stereocenters. The van der Waals surface area contributed by atoms with Gasteiger partial charge in [0, 0.05) is 67.1 Å². The third kappa shape index (κ3) is 6.27. The third-order valence-electron chi connectivity index (χ3n) is 7.34. The molecule has 1 unspecified atom stereocenters. The van der Waals surface area contributed by atoms with Crippen LogP contribution in [-0.4, -0.2) is 70.1 Å². The molecule has 9 heteroatoms. The van der Waals surface area contributed by atoms with Crippen LogP contribution in [0.25, 0.3) is 11.3 Å². The molecule has 3 heterocycles. The van der Waals surface area contributed by atoms with E-state index in [1.807, 2.05) is 29.8 Å². The Hall–Kier alpha value is -1.80. The highest BCUT2D eigenvalue weighted by atomic mass is 35.5. The molecule has 0 radical (unpaired) electrons. The van der Waals surface area contributed by atoms with Crippen molar-refractivity contribution >= 4 is 34.8 Å². The van der Waals surface area contributed by atoms with Crippen LogP contribution < -0.4 is 4.74 Å². The minimum absolute atomic E-state index is 0.131. The summed E-state index contributed by atoms with van der Waals surface area (Å²) in [4.78, 5) is 4.63. The van der Waals surface area contributed by atoms with Gasteiger partial charge in [-0.3, -0.25) is 4.68 Å². The summed E-state index contributed by atoms with van der Waals surface area (Å²) in [5.41, 5.74) is 5.59. The zero-order valence-electron chi connectivity index (χ0n) is 21.3. The zero-order valence-corrected chi connectivity index (χ0v) is 23.5. The lowest BCUT2D eigenvalue weighted by atomic mass is 10.00. The first-order valence-electron chi connectivity index (χ1n) is 12.8. The predicted molar refractivity (Wildman–Crippen MR) is 150 cm³/mol. The van der Waals surface area contributed by atoms with Crippen molar-refractivity contribution < 1.29 is 9.84 Å². The minimum Gasteiger partial charge on any atom is -0.490 e. The predicted octanol–water partition coefficient (Wildman–Crippen LogP) is 5.71. The molecule has 1 N–H and O–H groups in total. The Balaban J connectivity index is 1.21. The quantitative estimate of drug-likeness (QED) is 0.399. The van der Waals surface area contributed by atoms with Crippen molar-refractivity contribution in [2.75, 3.05) is 33.2 Å². The molecule has 0 saturated carbocycles. The molecule has 1 saturated heterocycles. The molecule has 0 bridgehead atoms. The van der Waals surface area contributed by atoms with Gasteiger partial charge in [0.05, 0.1) is 28.4 Å². The number of nitrogens with zero attached hydrogens (tertiary/aromatic N) is 4. The number of aliphatic hydroxyl groups is 1. The van der Waals surface area contributed by atoms with E-state index in [0.29, 0.717) is 23.1 Å². The maximum absolute atomic E-state index is 11.0. The highest BCUT2D eigenvalue weighted by molar-refractivity contribution is 6.42. The number of likely N-dealkylation sites (N-methyl/N-ethyl adjacent to an activating group) is 1. The molecule has 3 aromatic rings. The van der Waals surface area contributed by atoms with E-state index in [4.69, 9.17) is 44.6 Å². The lowest BCUT2D eigenvalue weighted by molar-refractivity contribution is 0.0529. The molecule has 2 aliphatic rings. The van der Waals surface area contributed by atoms with Gasteiger partial charge >= 0.3 is 0 Å². The first-order chi connectivity index (χ1) is 17.8. The average molecular weight is 564 g/mol. The largest absolute Gasteiger partial charge is 0.490 e. The van der Waals surface area contributed by atoms with Crippen LogP contribution in [0.5, 0.6) is 5.75 Å². The molecule has 0 amide bonds. The van der Waals surface area contributed by atoms with E-state index in [1.165, 1.54) is 11.3 Å². The number of piperidine rings is 1. The Morgan fingerprint density at radius 1 is 1.00 bits per heavy atom. The number of aliphatic hydroxyl groups excluding tert-OH is 1. The molecule has 0 aliphatic carbocycles. The number of hydrogen-bond acceptors (Lipinski definition) is 5. The Morgan fingerprint density at radius 3 is 2.49 bits per heavy atom. The second kappa shape index (κ2) is 11.5. The number of fused-ring (bicyclic) bond motifs is 1. The van der Waals surface area contributed by atoms with Crippen molar-refractivity contribution in [2.45, 2.75) is 51.5 Å². The van der Waals surface area contributed by atoms with Gasteiger partial charge in [-0.1, -0.05) is 40.9 Å². The summed E-state index contributed by atoms with van der Waals surface area (Å²) in [7, 11) is 2.14. The van der Waals surface area contributed by atoms with Crippen LogP contribution in [0.4, 0.5) is 0 Å². The van der Waals surface area contributed by atoms with Crippen molar-refractivity contribution in [3.63, 3.8) is 0 Å². The maximum Gasteiger partial charge on any atom is 0.121 e. The molecule has 2 aliphatic heterocycles. The van der Waals surface area contributed by atoms with Crippen molar-refractivity contribution in [3.05, 3.63) is 68.3 Å². The van der Waals surface area contributed by atoms with E-state index in [9.17, 15) is 5.11 Å². The van der Waals surface area contributed by atoms with Gasteiger partial charge in [0.1, 0.15) is 11.9 Å². The van der Waals surface area contributed by atoms with Crippen molar-refractivity contribution in [3.8, 4) is 17.0 Å². The van der Waals surface area contributed by atoms with Crippen LogP contribution in [0.15, 0.2) is 36.4 Å². The first kappa shape index (κ1) is 26.8. The normalized spacial score (nSPS) is 18.1. The molecule has 1 fully saturated rings. The number of rotatable bonds is 7. The number of hydrogen-bond donors (Lipinski definition) is 1. The number of β-amino-alcohol motifs (C(OH)–C–C–N with tert-alkyl or cyclic N) is 1. The van der Waals surface area contributed by atoms with Gasteiger partial charge in [0.25, 0.3) is 0 Å². The Bertz CT molecular complexity index is 1260. The standard InChI is InChI=1S/C28H33Cl3N4O2/c1-18-13-19(3-5-24(18)29)28-23-17-33(2)10-9-27(23)35(32-28)16-20(36)15-34-11-7-21(8-12-34)37-22-4-6-25(30)26(31)14-22/h3-6,13-14,20-21,36H,7-12,15-17H2,1-2H3. The number of halogens is 3. The van der Waals surface area contributed by atoms with Gasteiger partial charge in [0.15, 0.2) is 0 Å². The first-order valence-corrected chi connectivity index (χ1v) is 14.0. The Kier molecular flexibility index (Phi) is 8.34. The van der Waals surface area contributed by atoms with Gasteiger partial charge in [-0.25, -0.2) is 0 Å². The minimum atomic E-state index is -0.504. The van der Waals surface area contributed by atoms with Crippen LogP contribution in [-0.2, 0) is 19.5 Å². The molecule has 6 nitrogen and oxygen atoms in total. The maximum atomic E-state index is 11.0. The fourth-order valence-corrected chi connectivity index (χ4v) is 5.71. The third-order valence-corrected chi connectivity index (χ3v) is 8.50. The summed E-state index contributed by atoms with van der Waals surface area (Å²) in [6.07, 6.45) is 2.35. The van der Waals surface area contributed by atoms with Crippen molar-refractivity contribution in [2.24, 2.45) is 0 Å². The molecule has 37 heavy (non-hydrogen) atoms. The average Bonchev–Trinajstić information content (AvgIpc) is 3.21. The highest BCUT2D eigenvalue weighted by Crippen LogP contribution is 2.32. The molecule has 1 aromatic heterocycles. The van der Waals surface area contributed by atoms with E-state index in [1.54, 1.807) is 12.1 Å². The van der Waals surface area contributed by atoms with Crippen LogP contribution in [0.1, 0.15) is 29.7 Å². The van der Waals surface area contributed by atoms with Crippen molar-refractivity contribution in [1.82, 2.24) is 19.6 Å². The van der Waals surface area contributed by atoms with E-state index in [-0.39, 0.29) is 6.10 Å². The smallest absolute Gasteiger partial charge is 0.121 e. The Labute approximate surface area is 233 Å². The van der Waals surface area contributed by atoms with E-state index >= 15 is 0 Å². The van der Waals surface area contributed by atoms with Crippen LogP contribution in [0.3, 0.4) is 0 Å². The molecule has 5 rings (SSSR count). The Morgan fingerprint density at radius 2 is 1.76 bits per heavy atom. The number of aryl methyl sites for hydroxylation is 1. The lowest BCUT2D eigenvalue weighted by Crippen LogP contribution is -2.43. The molecular formula is C28H33Cl3N4O2. The summed E-state index contributed by atoms with van der Waals surface area (Å²) in [6, 6.07) is 11.5. The number of benzene rings is 2. The van der Waals surface area contributed by atoms with Gasteiger partial charge in [-0.05, 0) is 56.6 Å². The highest BCUT2D eigenvalue weighted by Gasteiger charge is 2.27. The van der Waals surface area contributed by atoms with Crippen LogP contribution in [0, 0.1) is 6.92 Å². The summed E-state index contributed by atoms with van der Waals surface area (Å²) >= 11 is 18.4. The van der Waals surface area contributed by atoms with Crippen LogP contribution in [0.2, 0.25) is 15.1 Å². The molecule has 2 aromatic carbocycles. The summed E-state index contributed by atoms with van der Waals surface area (Å²) in [5, 5.41) is 17.8. The number of aromatic nitrogens is 2. The van der Waals surface area contributed by atoms with E-state index in [2.05, 4.69) is 22.9 Å². The summed E-state index contributed by atoms with van der Waals surface area (Å²) < 4.78 is 8.15. The fraction of sp³-hybridized carbons (Fsp3) is 0.464. The monoisotopic (exact) mass is 562 g/mol. The van der Waals surface area contributed by atoms with Crippen LogP contribution >= 0.6 is 34.8 Å². The van der Waals surface area contributed by atoms with Crippen molar-refractivity contribution in [1.29, 1.82) is 0 Å². The topological polar surface area (TPSA) is 53.8 Å². The number of likely N-dealkylation sites (tertiary alicyclic amines) is 1. The van der Waals surface area contributed by atoms with E-state index in [0.717, 1.165) is 73.0 Å². The second-order valence-corrected chi connectivity index (χ2v) is 11.5. The summed E-state index contributed by atoms with van der Waals surface area (Å²) in [5.74, 6) is 0.744. The summed E-state index contributed by atoms with van der Waals surface area (Å²) in [6.45, 7) is 6.71. The molecule has 0 spiro atoms. The fourth-order valence-electron chi connectivity index (χ4n) is 5.31. The second-order valence-electron chi connectivity index (χ2n) is 10.3.